The Bertz CT molecular complexity index is 1340. The summed E-state index contributed by atoms with van der Waals surface area (Å²) in [6.07, 6.45) is 5.35. The first-order valence-electron chi connectivity index (χ1n) is 13.9. The number of amides is 1. The molecule has 1 unspecified atom stereocenters. The van der Waals surface area contributed by atoms with Crippen LogP contribution in [0.25, 0.3) is 22.2 Å². The van der Waals surface area contributed by atoms with E-state index in [-0.39, 0.29) is 11.9 Å². The van der Waals surface area contributed by atoms with Crippen LogP contribution in [-0.2, 0) is 4.74 Å². The standard InChI is InChI=1S/C28H31N5O3.C2H6.H4N2/c1-17(18-5-6-18)36-28(34)32-20-9-7-19(8-10-20)27-24(16-29)23-12-11-22(35-14-13-26(30)31)15-25(23)33(27)21-3-2-4-21;2*1-2/h7-12,15,17-18,21H,2-6,13-14H2,1H3,(H3,30,31)(H,32,34);1-2H3;1-2H2. The van der Waals surface area contributed by atoms with Gasteiger partial charge in [0.15, 0.2) is 0 Å². The third-order valence-corrected chi connectivity index (χ3v) is 7.15. The molecule has 8 N–H and O–H groups in total. The molecule has 0 spiro atoms. The van der Waals surface area contributed by atoms with Crippen LogP contribution in [0.3, 0.4) is 0 Å². The molecule has 2 aliphatic rings. The topological polar surface area (TPSA) is 178 Å². The highest BCUT2D eigenvalue weighted by molar-refractivity contribution is 5.96. The lowest BCUT2D eigenvalue weighted by atomic mass is 9.92. The number of fused-ring (bicyclic) bond motifs is 1. The second kappa shape index (κ2) is 14.4. The van der Waals surface area contributed by atoms with Crippen molar-refractivity contribution in [1.29, 1.82) is 10.7 Å². The maximum atomic E-state index is 12.3. The molecule has 0 radical (unpaired) electrons. The second-order valence-corrected chi connectivity index (χ2v) is 9.74. The molecule has 2 aliphatic carbocycles. The van der Waals surface area contributed by atoms with Crippen LogP contribution in [0.5, 0.6) is 5.75 Å². The fourth-order valence-electron chi connectivity index (χ4n) is 4.77. The van der Waals surface area contributed by atoms with Crippen molar-refractivity contribution in [1.82, 2.24) is 4.57 Å². The largest absolute Gasteiger partial charge is 0.493 e. The van der Waals surface area contributed by atoms with E-state index in [2.05, 4.69) is 27.6 Å². The zero-order chi connectivity index (χ0) is 29.2. The molecule has 2 fully saturated rings. The third kappa shape index (κ3) is 7.11. The molecule has 1 amide bonds. The molecule has 10 heteroatoms. The predicted octanol–water partition coefficient (Wildman–Crippen LogP) is 5.80. The van der Waals surface area contributed by atoms with Crippen LogP contribution in [-0.4, -0.2) is 29.2 Å². The minimum absolute atomic E-state index is 0.0722. The van der Waals surface area contributed by atoms with Gasteiger partial charge in [0, 0.05) is 29.6 Å². The quantitative estimate of drug-likeness (QED) is 0.0971. The molecule has 214 valence electrons. The number of nitrogens with two attached hydrogens (primary N) is 3. The maximum Gasteiger partial charge on any atom is 0.411 e. The van der Waals surface area contributed by atoms with E-state index in [0.717, 1.165) is 54.3 Å². The van der Waals surface area contributed by atoms with Gasteiger partial charge >= 0.3 is 6.09 Å². The molecule has 1 atom stereocenters. The molecule has 1 heterocycles. The number of nitriles is 1. The Balaban J connectivity index is 0.00000106. The summed E-state index contributed by atoms with van der Waals surface area (Å²) in [5.74, 6) is 9.26. The van der Waals surface area contributed by atoms with Gasteiger partial charge in [-0.15, -0.1) is 0 Å². The fraction of sp³-hybridized carbons (Fsp3) is 0.433. The van der Waals surface area contributed by atoms with E-state index >= 15 is 0 Å². The number of ether oxygens (including phenoxy) is 2. The van der Waals surface area contributed by atoms with E-state index in [9.17, 15) is 10.1 Å². The van der Waals surface area contributed by atoms with E-state index in [4.69, 9.17) is 20.6 Å². The number of hydrazine groups is 1. The van der Waals surface area contributed by atoms with Gasteiger partial charge < -0.3 is 19.8 Å². The van der Waals surface area contributed by atoms with Crippen molar-refractivity contribution >= 4 is 28.5 Å². The normalized spacial score (nSPS) is 14.8. The zero-order valence-electron chi connectivity index (χ0n) is 23.6. The number of amidine groups is 1. The number of carbonyl (C=O) groups is 1. The Morgan fingerprint density at radius 2 is 1.82 bits per heavy atom. The first kappa shape index (κ1) is 30.5. The number of nitrogens with one attached hydrogen (secondary N) is 2. The SMILES string of the molecule is CC.CC(OC(=O)Nc1ccc(-c2c(C#N)c3ccc(OCCC(=N)N)cc3n2C2CCC2)cc1)C1CC1.NN. The zero-order valence-corrected chi connectivity index (χ0v) is 23.6. The number of hydrogen-bond acceptors (Lipinski definition) is 7. The van der Waals surface area contributed by atoms with Crippen LogP contribution in [0.2, 0.25) is 0 Å². The van der Waals surface area contributed by atoms with Gasteiger partial charge in [0.25, 0.3) is 0 Å². The molecule has 5 rings (SSSR count). The van der Waals surface area contributed by atoms with Gasteiger partial charge in [0.05, 0.1) is 29.2 Å². The minimum Gasteiger partial charge on any atom is -0.493 e. The van der Waals surface area contributed by atoms with Gasteiger partial charge in [-0.25, -0.2) is 4.79 Å². The first-order valence-corrected chi connectivity index (χ1v) is 13.9. The minimum atomic E-state index is -0.444. The van der Waals surface area contributed by atoms with Gasteiger partial charge in [-0.05, 0) is 74.8 Å². The predicted molar refractivity (Wildman–Crippen MR) is 159 cm³/mol. The Morgan fingerprint density at radius 3 is 2.38 bits per heavy atom. The average molecular weight is 548 g/mol. The Hall–Kier alpha value is -4.07. The van der Waals surface area contributed by atoms with Crippen LogP contribution in [0.15, 0.2) is 42.5 Å². The summed E-state index contributed by atoms with van der Waals surface area (Å²) in [6, 6.07) is 16.1. The number of rotatable bonds is 9. The molecule has 2 saturated carbocycles. The number of benzene rings is 2. The molecule has 10 nitrogen and oxygen atoms in total. The van der Waals surface area contributed by atoms with E-state index in [0.29, 0.717) is 42.0 Å². The fourth-order valence-corrected chi connectivity index (χ4v) is 4.77. The van der Waals surface area contributed by atoms with E-state index in [1.807, 2.05) is 63.2 Å². The first-order chi connectivity index (χ1) is 19.4. The van der Waals surface area contributed by atoms with Crippen molar-refractivity contribution in [2.24, 2.45) is 23.3 Å². The van der Waals surface area contributed by atoms with E-state index in [1.54, 1.807) is 0 Å². The number of anilines is 1. The van der Waals surface area contributed by atoms with Crippen LogP contribution in [0, 0.1) is 22.7 Å². The molecule has 40 heavy (non-hydrogen) atoms. The summed E-state index contributed by atoms with van der Waals surface area (Å²) in [4.78, 5) is 12.3. The summed E-state index contributed by atoms with van der Waals surface area (Å²) in [6.45, 7) is 6.27. The molecule has 1 aromatic heterocycles. The Kier molecular flexibility index (Phi) is 10.9. The van der Waals surface area contributed by atoms with Crippen molar-refractivity contribution in [2.75, 3.05) is 11.9 Å². The van der Waals surface area contributed by atoms with Gasteiger partial charge in [-0.3, -0.25) is 22.4 Å². The highest BCUT2D eigenvalue weighted by atomic mass is 16.6. The van der Waals surface area contributed by atoms with Crippen LogP contribution >= 0.6 is 0 Å². The summed E-state index contributed by atoms with van der Waals surface area (Å²) in [5, 5.41) is 21.2. The molecule has 3 aromatic rings. The van der Waals surface area contributed by atoms with Gasteiger partial charge in [0.1, 0.15) is 17.9 Å². The Morgan fingerprint density at radius 1 is 1.15 bits per heavy atom. The lowest BCUT2D eigenvalue weighted by molar-refractivity contribution is 0.108. The maximum absolute atomic E-state index is 12.3. The lowest BCUT2D eigenvalue weighted by Gasteiger charge is -2.30. The summed E-state index contributed by atoms with van der Waals surface area (Å²) in [5.41, 5.74) is 9.49. The van der Waals surface area contributed by atoms with Gasteiger partial charge in [-0.1, -0.05) is 26.0 Å². The van der Waals surface area contributed by atoms with Crippen LogP contribution < -0.4 is 27.5 Å². The molecule has 0 aliphatic heterocycles. The van der Waals surface area contributed by atoms with Crippen LogP contribution in [0.4, 0.5) is 10.5 Å². The summed E-state index contributed by atoms with van der Waals surface area (Å²) in [7, 11) is 0. The Labute approximate surface area is 235 Å². The number of carbonyl (C=O) groups excluding carboxylic acids is 1. The second-order valence-electron chi connectivity index (χ2n) is 9.74. The lowest BCUT2D eigenvalue weighted by Crippen LogP contribution is -2.21. The molecule has 2 aromatic carbocycles. The van der Waals surface area contributed by atoms with Gasteiger partial charge in [0.2, 0.25) is 0 Å². The third-order valence-electron chi connectivity index (χ3n) is 7.15. The molecular formula is C30H41N7O3. The van der Waals surface area contributed by atoms with Crippen molar-refractivity contribution in [3.63, 3.8) is 0 Å². The highest BCUT2D eigenvalue weighted by Gasteiger charge is 2.31. The van der Waals surface area contributed by atoms with E-state index in [1.165, 1.54) is 0 Å². The van der Waals surface area contributed by atoms with Gasteiger partial charge in [-0.2, -0.15) is 5.26 Å². The van der Waals surface area contributed by atoms with Crippen LogP contribution in [0.1, 0.15) is 70.9 Å². The average Bonchev–Trinajstić information content (AvgIpc) is 3.74. The van der Waals surface area contributed by atoms with Crippen molar-refractivity contribution in [2.45, 2.75) is 71.4 Å². The van der Waals surface area contributed by atoms with E-state index < -0.39 is 6.09 Å². The number of hydrogen-bond donors (Lipinski definition) is 5. The number of nitrogens with zero attached hydrogens (tertiary/aromatic N) is 2. The highest BCUT2D eigenvalue weighted by Crippen LogP contribution is 2.43. The van der Waals surface area contributed by atoms with Crippen molar-refractivity contribution in [3.05, 3.63) is 48.0 Å². The summed E-state index contributed by atoms with van der Waals surface area (Å²) >= 11 is 0. The molecule has 0 bridgehead atoms. The molecular weight excluding hydrogens is 506 g/mol. The van der Waals surface area contributed by atoms with Crippen molar-refractivity contribution < 1.29 is 14.3 Å². The van der Waals surface area contributed by atoms with Crippen molar-refractivity contribution in [3.8, 4) is 23.1 Å². The number of aromatic nitrogens is 1. The smallest absolute Gasteiger partial charge is 0.411 e. The monoisotopic (exact) mass is 547 g/mol. The molecule has 0 saturated heterocycles. The summed E-state index contributed by atoms with van der Waals surface area (Å²) < 4.78 is 13.6.